The molecule has 0 amide bonds. The summed E-state index contributed by atoms with van der Waals surface area (Å²) in [6.07, 6.45) is 6.38. The lowest BCUT2D eigenvalue weighted by Gasteiger charge is -2.14. The summed E-state index contributed by atoms with van der Waals surface area (Å²) in [5, 5.41) is 1.05. The SMILES string of the molecule is CCCCCCC(C)Oc1ccc2cc(N)ccc2n1. The molecular formula is C17H24N2O. The first-order chi connectivity index (χ1) is 9.69. The average Bonchev–Trinajstić information content (AvgIpc) is 2.44. The number of rotatable bonds is 7. The molecule has 0 aliphatic carbocycles. The Morgan fingerprint density at radius 2 is 2.00 bits per heavy atom. The van der Waals surface area contributed by atoms with Gasteiger partial charge >= 0.3 is 0 Å². The van der Waals surface area contributed by atoms with E-state index in [0.29, 0.717) is 5.88 Å². The van der Waals surface area contributed by atoms with Crippen LogP contribution in [0.15, 0.2) is 30.3 Å². The highest BCUT2D eigenvalue weighted by molar-refractivity contribution is 5.82. The van der Waals surface area contributed by atoms with Crippen LogP contribution in [0, 0.1) is 0 Å². The van der Waals surface area contributed by atoms with Gasteiger partial charge in [0.25, 0.3) is 0 Å². The number of pyridine rings is 1. The van der Waals surface area contributed by atoms with Crippen LogP contribution in [0.4, 0.5) is 5.69 Å². The van der Waals surface area contributed by atoms with Crippen molar-refractivity contribution in [2.75, 3.05) is 5.73 Å². The number of nitrogens with two attached hydrogens (primary N) is 1. The highest BCUT2D eigenvalue weighted by atomic mass is 16.5. The minimum Gasteiger partial charge on any atom is -0.475 e. The zero-order chi connectivity index (χ0) is 14.4. The monoisotopic (exact) mass is 272 g/mol. The Hall–Kier alpha value is -1.77. The van der Waals surface area contributed by atoms with Gasteiger partial charge in [0, 0.05) is 17.1 Å². The van der Waals surface area contributed by atoms with Crippen molar-refractivity contribution >= 4 is 16.6 Å². The molecule has 0 spiro atoms. The second-order valence-corrected chi connectivity index (χ2v) is 5.38. The van der Waals surface area contributed by atoms with Crippen LogP contribution >= 0.6 is 0 Å². The molecule has 20 heavy (non-hydrogen) atoms. The molecule has 1 aromatic carbocycles. The van der Waals surface area contributed by atoms with E-state index < -0.39 is 0 Å². The summed E-state index contributed by atoms with van der Waals surface area (Å²) in [5.74, 6) is 0.699. The smallest absolute Gasteiger partial charge is 0.214 e. The summed E-state index contributed by atoms with van der Waals surface area (Å²) in [6.45, 7) is 4.34. The molecule has 3 heteroatoms. The molecular weight excluding hydrogens is 248 g/mol. The third kappa shape index (κ3) is 4.12. The van der Waals surface area contributed by atoms with Crippen LogP contribution in [0.5, 0.6) is 5.88 Å². The van der Waals surface area contributed by atoms with E-state index in [4.69, 9.17) is 10.5 Å². The van der Waals surface area contributed by atoms with Crippen molar-refractivity contribution in [2.45, 2.75) is 52.1 Å². The maximum Gasteiger partial charge on any atom is 0.214 e. The van der Waals surface area contributed by atoms with Gasteiger partial charge in [0.1, 0.15) is 0 Å². The van der Waals surface area contributed by atoms with E-state index in [1.165, 1.54) is 25.7 Å². The second-order valence-electron chi connectivity index (χ2n) is 5.38. The molecule has 0 saturated carbocycles. The molecule has 3 nitrogen and oxygen atoms in total. The van der Waals surface area contributed by atoms with Gasteiger partial charge in [-0.15, -0.1) is 0 Å². The van der Waals surface area contributed by atoms with Gasteiger partial charge < -0.3 is 10.5 Å². The van der Waals surface area contributed by atoms with E-state index >= 15 is 0 Å². The van der Waals surface area contributed by atoms with Crippen LogP contribution in [0.25, 0.3) is 10.9 Å². The zero-order valence-corrected chi connectivity index (χ0v) is 12.4. The quantitative estimate of drug-likeness (QED) is 0.594. The number of anilines is 1. The number of aromatic nitrogens is 1. The highest BCUT2D eigenvalue weighted by Gasteiger charge is 2.06. The number of fused-ring (bicyclic) bond motifs is 1. The van der Waals surface area contributed by atoms with E-state index in [-0.39, 0.29) is 6.10 Å². The average molecular weight is 272 g/mol. The third-order valence-corrected chi connectivity index (χ3v) is 3.47. The van der Waals surface area contributed by atoms with Gasteiger partial charge in [-0.05, 0) is 44.0 Å². The van der Waals surface area contributed by atoms with Crippen molar-refractivity contribution < 1.29 is 4.74 Å². The minimum absolute atomic E-state index is 0.214. The Labute approximate surface area is 121 Å². The van der Waals surface area contributed by atoms with Gasteiger partial charge in [0.05, 0.1) is 11.6 Å². The molecule has 0 fully saturated rings. The molecule has 0 aliphatic heterocycles. The summed E-state index contributed by atoms with van der Waals surface area (Å²) in [5.41, 5.74) is 7.45. The van der Waals surface area contributed by atoms with Crippen LogP contribution < -0.4 is 10.5 Å². The first kappa shape index (κ1) is 14.6. The standard InChI is InChI=1S/C17H24N2O/c1-3-4-5-6-7-13(2)20-17-11-8-14-12-15(18)9-10-16(14)19-17/h8-13H,3-7,18H2,1-2H3. The summed E-state index contributed by atoms with van der Waals surface area (Å²) >= 11 is 0. The van der Waals surface area contributed by atoms with E-state index in [0.717, 1.165) is 23.0 Å². The number of nitrogens with zero attached hydrogens (tertiary/aromatic N) is 1. The third-order valence-electron chi connectivity index (χ3n) is 3.47. The second kappa shape index (κ2) is 7.13. The molecule has 1 unspecified atom stereocenters. The molecule has 2 aromatic rings. The fourth-order valence-corrected chi connectivity index (χ4v) is 2.31. The van der Waals surface area contributed by atoms with Gasteiger partial charge in [-0.3, -0.25) is 0 Å². The van der Waals surface area contributed by atoms with Gasteiger partial charge in [-0.2, -0.15) is 0 Å². The lowest BCUT2D eigenvalue weighted by molar-refractivity contribution is 0.199. The first-order valence-electron chi connectivity index (χ1n) is 7.52. The largest absolute Gasteiger partial charge is 0.475 e. The lowest BCUT2D eigenvalue weighted by atomic mass is 10.1. The van der Waals surface area contributed by atoms with Crippen LogP contribution in [-0.2, 0) is 0 Å². The number of hydrogen-bond donors (Lipinski definition) is 1. The molecule has 0 saturated heterocycles. The summed E-state index contributed by atoms with van der Waals surface area (Å²) in [4.78, 5) is 4.52. The molecule has 1 aromatic heterocycles. The number of nitrogen functional groups attached to an aromatic ring is 1. The number of unbranched alkanes of at least 4 members (excludes halogenated alkanes) is 3. The zero-order valence-electron chi connectivity index (χ0n) is 12.4. The molecule has 0 bridgehead atoms. The predicted octanol–water partition coefficient (Wildman–Crippen LogP) is 4.55. The summed E-state index contributed by atoms with van der Waals surface area (Å²) in [6, 6.07) is 9.67. The predicted molar refractivity (Wildman–Crippen MR) is 85.0 cm³/mol. The maximum atomic E-state index is 5.89. The fraction of sp³-hybridized carbons (Fsp3) is 0.471. The maximum absolute atomic E-state index is 5.89. The van der Waals surface area contributed by atoms with Gasteiger partial charge in [-0.1, -0.05) is 26.2 Å². The van der Waals surface area contributed by atoms with Crippen molar-refractivity contribution in [3.05, 3.63) is 30.3 Å². The van der Waals surface area contributed by atoms with Gasteiger partial charge in [0.15, 0.2) is 0 Å². The molecule has 2 N–H and O–H groups in total. The van der Waals surface area contributed by atoms with Crippen LogP contribution in [0.2, 0.25) is 0 Å². The molecule has 0 radical (unpaired) electrons. The normalized spacial score (nSPS) is 12.5. The van der Waals surface area contributed by atoms with Crippen LogP contribution in [-0.4, -0.2) is 11.1 Å². The first-order valence-corrected chi connectivity index (χ1v) is 7.52. The number of benzene rings is 1. The van der Waals surface area contributed by atoms with Crippen molar-refractivity contribution in [1.29, 1.82) is 0 Å². The minimum atomic E-state index is 0.214. The van der Waals surface area contributed by atoms with Crippen molar-refractivity contribution in [3.63, 3.8) is 0 Å². The van der Waals surface area contributed by atoms with Crippen molar-refractivity contribution in [1.82, 2.24) is 4.98 Å². The van der Waals surface area contributed by atoms with Crippen molar-refractivity contribution in [2.24, 2.45) is 0 Å². The van der Waals surface area contributed by atoms with E-state index in [2.05, 4.69) is 18.8 Å². The Kier molecular flexibility index (Phi) is 5.22. The van der Waals surface area contributed by atoms with E-state index in [1.807, 2.05) is 30.3 Å². The Bertz CT molecular complexity index is 554. The fourth-order valence-electron chi connectivity index (χ4n) is 2.31. The number of ether oxygens (including phenoxy) is 1. The summed E-state index contributed by atoms with van der Waals surface area (Å²) in [7, 11) is 0. The Morgan fingerprint density at radius 1 is 1.15 bits per heavy atom. The van der Waals surface area contributed by atoms with Gasteiger partial charge in [-0.25, -0.2) is 4.98 Å². The van der Waals surface area contributed by atoms with E-state index in [1.54, 1.807) is 0 Å². The molecule has 1 heterocycles. The van der Waals surface area contributed by atoms with Crippen molar-refractivity contribution in [3.8, 4) is 5.88 Å². The van der Waals surface area contributed by atoms with Crippen LogP contribution in [0.3, 0.4) is 0 Å². The topological polar surface area (TPSA) is 48.1 Å². The molecule has 0 aliphatic rings. The molecule has 2 rings (SSSR count). The van der Waals surface area contributed by atoms with Crippen LogP contribution in [0.1, 0.15) is 46.0 Å². The van der Waals surface area contributed by atoms with E-state index in [9.17, 15) is 0 Å². The Balaban J connectivity index is 1.94. The number of hydrogen-bond acceptors (Lipinski definition) is 3. The highest BCUT2D eigenvalue weighted by Crippen LogP contribution is 2.20. The van der Waals surface area contributed by atoms with Gasteiger partial charge in [0.2, 0.25) is 5.88 Å². The lowest BCUT2D eigenvalue weighted by Crippen LogP contribution is -2.12. The summed E-state index contributed by atoms with van der Waals surface area (Å²) < 4.78 is 5.89. The Morgan fingerprint density at radius 3 is 2.80 bits per heavy atom. The molecule has 108 valence electrons. The molecule has 1 atom stereocenters.